The highest BCUT2D eigenvalue weighted by atomic mass is 32.2. The van der Waals surface area contributed by atoms with Gasteiger partial charge in [-0.25, -0.2) is 5.10 Å². The van der Waals surface area contributed by atoms with E-state index in [0.29, 0.717) is 5.95 Å². The van der Waals surface area contributed by atoms with E-state index in [2.05, 4.69) is 45.6 Å². The molecule has 0 bridgehead atoms. The Morgan fingerprint density at radius 2 is 2.44 bits per heavy atom. The number of nitrogens with zero attached hydrogens (tertiary/aromatic N) is 2. The Balaban J connectivity index is 1.72. The molecule has 0 radical (unpaired) electrons. The van der Waals surface area contributed by atoms with Crippen LogP contribution in [-0.4, -0.2) is 26.3 Å². The molecule has 1 aliphatic rings. The number of fused-ring (bicyclic) bond motifs is 1. The topological polar surface area (TPSA) is 70.7 Å². The van der Waals surface area contributed by atoms with E-state index >= 15 is 0 Å². The zero-order chi connectivity index (χ0) is 12.5. The molecule has 2 heterocycles. The molecule has 1 amide bonds. The molecule has 0 saturated heterocycles. The van der Waals surface area contributed by atoms with Gasteiger partial charge in [-0.15, -0.1) is 11.8 Å². The molecule has 18 heavy (non-hydrogen) atoms. The number of rotatable bonds is 2. The second-order valence-corrected chi connectivity index (χ2v) is 5.49. The summed E-state index contributed by atoms with van der Waals surface area (Å²) >= 11 is 1.61. The molecule has 3 rings (SSSR count). The number of benzene rings is 1. The van der Waals surface area contributed by atoms with Crippen LogP contribution in [0.3, 0.4) is 0 Å². The van der Waals surface area contributed by atoms with Crippen LogP contribution >= 0.6 is 11.8 Å². The standard InChI is InChI=1S/C12H12N4OS/c1-7-2-3-8-5-10(18-9(8)4-7)11(17)15-12-13-6-14-16-12/h2-4,6,10H,5H2,1H3,(H2,13,14,15,16,17)/t10-/m0/s1. The maximum absolute atomic E-state index is 12.0. The van der Waals surface area contributed by atoms with Crippen LogP contribution in [0.15, 0.2) is 29.4 Å². The van der Waals surface area contributed by atoms with E-state index in [1.807, 2.05) is 0 Å². The Labute approximate surface area is 108 Å². The molecule has 5 nitrogen and oxygen atoms in total. The van der Waals surface area contributed by atoms with Gasteiger partial charge in [-0.05, 0) is 25.0 Å². The molecule has 0 fully saturated rings. The SMILES string of the molecule is Cc1ccc2c(c1)S[C@H](C(=O)Nc1ncn[nH]1)C2. The number of carbonyl (C=O) groups is 1. The number of hydrogen-bond donors (Lipinski definition) is 2. The highest BCUT2D eigenvalue weighted by Crippen LogP contribution is 2.37. The van der Waals surface area contributed by atoms with Crippen LogP contribution in [0.25, 0.3) is 0 Å². The van der Waals surface area contributed by atoms with Crippen molar-refractivity contribution in [1.82, 2.24) is 15.2 Å². The van der Waals surface area contributed by atoms with Crippen LogP contribution in [-0.2, 0) is 11.2 Å². The van der Waals surface area contributed by atoms with E-state index in [1.165, 1.54) is 22.3 Å². The quantitative estimate of drug-likeness (QED) is 0.863. The third kappa shape index (κ3) is 2.11. The lowest BCUT2D eigenvalue weighted by molar-refractivity contribution is -0.115. The van der Waals surface area contributed by atoms with Crippen molar-refractivity contribution in [2.24, 2.45) is 0 Å². The van der Waals surface area contributed by atoms with Crippen molar-refractivity contribution < 1.29 is 4.79 Å². The first-order chi connectivity index (χ1) is 8.72. The maximum atomic E-state index is 12.0. The van der Waals surface area contributed by atoms with Crippen LogP contribution in [0.4, 0.5) is 5.95 Å². The molecule has 0 saturated carbocycles. The highest BCUT2D eigenvalue weighted by Gasteiger charge is 2.28. The number of carbonyl (C=O) groups excluding carboxylic acids is 1. The Morgan fingerprint density at radius 1 is 1.56 bits per heavy atom. The summed E-state index contributed by atoms with van der Waals surface area (Å²) in [7, 11) is 0. The Morgan fingerprint density at radius 3 is 3.22 bits per heavy atom. The molecular weight excluding hydrogens is 248 g/mol. The fourth-order valence-electron chi connectivity index (χ4n) is 1.94. The molecule has 6 heteroatoms. The molecule has 1 atom stereocenters. The highest BCUT2D eigenvalue weighted by molar-refractivity contribution is 8.01. The summed E-state index contributed by atoms with van der Waals surface area (Å²) in [6, 6.07) is 6.30. The molecular formula is C12H12N4OS. The van der Waals surface area contributed by atoms with Gasteiger partial charge in [0, 0.05) is 4.90 Å². The molecule has 0 spiro atoms. The first-order valence-corrected chi connectivity index (χ1v) is 6.53. The Kier molecular flexibility index (Phi) is 2.79. The average molecular weight is 260 g/mol. The van der Waals surface area contributed by atoms with Crippen molar-refractivity contribution in [3.05, 3.63) is 35.7 Å². The first-order valence-electron chi connectivity index (χ1n) is 5.65. The van der Waals surface area contributed by atoms with Gasteiger partial charge in [-0.1, -0.05) is 17.7 Å². The number of nitrogens with one attached hydrogen (secondary N) is 2. The second-order valence-electron chi connectivity index (χ2n) is 4.25. The molecule has 1 aromatic heterocycles. The van der Waals surface area contributed by atoms with Gasteiger partial charge >= 0.3 is 0 Å². The predicted octanol–water partition coefficient (Wildman–Crippen LogP) is 1.77. The fraction of sp³-hybridized carbons (Fsp3) is 0.250. The zero-order valence-corrected chi connectivity index (χ0v) is 10.6. The lowest BCUT2D eigenvalue weighted by Crippen LogP contribution is -2.25. The predicted molar refractivity (Wildman–Crippen MR) is 69.5 cm³/mol. The minimum atomic E-state index is -0.0908. The van der Waals surface area contributed by atoms with Gasteiger partial charge in [0.25, 0.3) is 0 Å². The van der Waals surface area contributed by atoms with Crippen molar-refractivity contribution >= 4 is 23.6 Å². The largest absolute Gasteiger partial charge is 0.294 e. The van der Waals surface area contributed by atoms with E-state index in [9.17, 15) is 4.79 Å². The van der Waals surface area contributed by atoms with Gasteiger partial charge in [0.15, 0.2) is 0 Å². The van der Waals surface area contributed by atoms with Gasteiger partial charge in [0.2, 0.25) is 11.9 Å². The summed E-state index contributed by atoms with van der Waals surface area (Å²) in [5.74, 6) is 0.360. The number of hydrogen-bond acceptors (Lipinski definition) is 4. The molecule has 1 aliphatic heterocycles. The van der Waals surface area contributed by atoms with Gasteiger partial charge in [-0.2, -0.15) is 10.1 Å². The van der Waals surface area contributed by atoms with E-state index < -0.39 is 0 Å². The second kappa shape index (κ2) is 4.45. The molecule has 2 aromatic rings. The zero-order valence-electron chi connectivity index (χ0n) is 9.80. The van der Waals surface area contributed by atoms with Crippen LogP contribution in [0, 0.1) is 6.92 Å². The van der Waals surface area contributed by atoms with Crippen LogP contribution < -0.4 is 5.32 Å². The number of anilines is 1. The van der Waals surface area contributed by atoms with Gasteiger partial charge < -0.3 is 0 Å². The summed E-state index contributed by atoms with van der Waals surface area (Å²) in [4.78, 5) is 17.1. The summed E-state index contributed by atoms with van der Waals surface area (Å²) in [5, 5.41) is 8.95. The third-order valence-electron chi connectivity index (χ3n) is 2.85. The number of amides is 1. The molecule has 0 unspecified atom stereocenters. The van der Waals surface area contributed by atoms with Crippen LogP contribution in [0.2, 0.25) is 0 Å². The minimum absolute atomic E-state index is 0.0365. The monoisotopic (exact) mass is 260 g/mol. The van der Waals surface area contributed by atoms with Crippen molar-refractivity contribution in [3.8, 4) is 0 Å². The smallest absolute Gasteiger partial charge is 0.240 e. The minimum Gasteiger partial charge on any atom is -0.294 e. The normalized spacial score (nSPS) is 17.5. The van der Waals surface area contributed by atoms with E-state index in [-0.39, 0.29) is 11.2 Å². The van der Waals surface area contributed by atoms with Crippen LogP contribution in [0.5, 0.6) is 0 Å². The number of aromatic amines is 1. The third-order valence-corrected chi connectivity index (χ3v) is 4.15. The summed E-state index contributed by atoms with van der Waals surface area (Å²) < 4.78 is 0. The lowest BCUT2D eigenvalue weighted by atomic mass is 10.1. The van der Waals surface area contributed by atoms with Crippen molar-refractivity contribution in [1.29, 1.82) is 0 Å². The van der Waals surface area contributed by atoms with E-state index in [1.54, 1.807) is 11.8 Å². The number of H-pyrrole nitrogens is 1. The first kappa shape index (κ1) is 11.3. The number of aryl methyl sites for hydroxylation is 1. The Hall–Kier alpha value is -1.82. The number of aromatic nitrogens is 3. The lowest BCUT2D eigenvalue weighted by Gasteiger charge is -2.06. The molecule has 2 N–H and O–H groups in total. The van der Waals surface area contributed by atoms with Crippen molar-refractivity contribution in [3.63, 3.8) is 0 Å². The van der Waals surface area contributed by atoms with Crippen molar-refractivity contribution in [2.45, 2.75) is 23.5 Å². The van der Waals surface area contributed by atoms with Gasteiger partial charge in [0.05, 0.1) is 5.25 Å². The summed E-state index contributed by atoms with van der Waals surface area (Å²) in [5.41, 5.74) is 2.46. The summed E-state index contributed by atoms with van der Waals surface area (Å²) in [6.45, 7) is 2.06. The van der Waals surface area contributed by atoms with Gasteiger partial charge in [0.1, 0.15) is 6.33 Å². The molecule has 92 valence electrons. The number of thioether (sulfide) groups is 1. The van der Waals surface area contributed by atoms with Gasteiger partial charge in [-0.3, -0.25) is 10.1 Å². The van der Waals surface area contributed by atoms with E-state index in [0.717, 1.165) is 6.42 Å². The fourth-order valence-corrected chi connectivity index (χ4v) is 3.24. The summed E-state index contributed by atoms with van der Waals surface area (Å²) in [6.07, 6.45) is 2.13. The van der Waals surface area contributed by atoms with Crippen molar-refractivity contribution in [2.75, 3.05) is 5.32 Å². The molecule has 1 aromatic carbocycles. The maximum Gasteiger partial charge on any atom is 0.240 e. The average Bonchev–Trinajstić information content (AvgIpc) is 2.96. The van der Waals surface area contributed by atoms with E-state index in [4.69, 9.17) is 0 Å². The Bertz CT molecular complexity index is 582. The molecule has 0 aliphatic carbocycles. The van der Waals surface area contributed by atoms with Crippen LogP contribution in [0.1, 0.15) is 11.1 Å².